The molecule has 0 saturated carbocycles. The van der Waals surface area contributed by atoms with E-state index in [1.165, 1.54) is 6.07 Å². The van der Waals surface area contributed by atoms with Crippen molar-refractivity contribution in [2.45, 2.75) is 18.8 Å². The molecule has 0 amide bonds. The maximum absolute atomic E-state index is 12.6. The first-order valence-corrected chi connectivity index (χ1v) is 7.81. The quantitative estimate of drug-likeness (QED) is 0.656. The average Bonchev–Trinajstić information content (AvgIpc) is 2.46. The van der Waals surface area contributed by atoms with Gasteiger partial charge in [-0.3, -0.25) is 4.90 Å². The van der Waals surface area contributed by atoms with Crippen LogP contribution < -0.4 is 10.1 Å². The molecule has 1 fully saturated rings. The van der Waals surface area contributed by atoms with Gasteiger partial charge in [0.05, 0.1) is 0 Å². The largest absolute Gasteiger partial charge is 0.573 e. The monoisotopic (exact) mass is 450 g/mol. The van der Waals surface area contributed by atoms with E-state index in [0.717, 1.165) is 30.7 Å². The summed E-state index contributed by atoms with van der Waals surface area (Å²) in [7, 11) is 0. The summed E-state index contributed by atoms with van der Waals surface area (Å²) >= 11 is 3.33. The van der Waals surface area contributed by atoms with Crippen molar-refractivity contribution in [3.63, 3.8) is 0 Å². The van der Waals surface area contributed by atoms with Gasteiger partial charge in [-0.1, -0.05) is 22.0 Å². The number of benzene rings is 1. The van der Waals surface area contributed by atoms with Gasteiger partial charge in [-0.15, -0.1) is 44.6 Å². The van der Waals surface area contributed by atoms with Gasteiger partial charge in [-0.25, -0.2) is 0 Å². The minimum Gasteiger partial charge on any atom is -0.405 e. The Morgan fingerprint density at radius 3 is 2.46 bits per heavy atom. The van der Waals surface area contributed by atoms with E-state index >= 15 is 0 Å². The minimum atomic E-state index is -4.70. The van der Waals surface area contributed by atoms with E-state index in [1.807, 2.05) is 0 Å². The number of rotatable bonds is 5. The molecule has 9 heteroatoms. The van der Waals surface area contributed by atoms with Crippen molar-refractivity contribution in [1.82, 2.24) is 10.2 Å². The highest BCUT2D eigenvalue weighted by Crippen LogP contribution is 2.37. The van der Waals surface area contributed by atoms with Crippen LogP contribution in [0.3, 0.4) is 0 Å². The first-order chi connectivity index (χ1) is 10.4. The van der Waals surface area contributed by atoms with Gasteiger partial charge in [0.1, 0.15) is 5.75 Å². The third kappa shape index (κ3) is 6.80. The molecule has 1 atom stereocenters. The molecule has 1 aliphatic rings. The summed E-state index contributed by atoms with van der Waals surface area (Å²) in [6.45, 7) is 6.91. The lowest BCUT2D eigenvalue weighted by molar-refractivity contribution is -0.275. The van der Waals surface area contributed by atoms with Crippen LogP contribution in [0.25, 0.3) is 0 Å². The van der Waals surface area contributed by atoms with Crippen LogP contribution in [0, 0.1) is 0 Å². The van der Waals surface area contributed by atoms with Crippen LogP contribution >= 0.6 is 40.7 Å². The van der Waals surface area contributed by atoms with E-state index in [-0.39, 0.29) is 36.6 Å². The molecule has 1 saturated heterocycles. The summed E-state index contributed by atoms with van der Waals surface area (Å²) in [5.74, 6) is -0.152. The lowest BCUT2D eigenvalue weighted by Gasteiger charge is -2.35. The standard InChI is InChI=1S/C15H18BrF3N2O.2ClH/c1-2-3-13(21-8-6-20-7-9-21)12-10-11(16)4-5-14(12)22-15(17,18)19;;/h2,4-5,10,13,20H,1,3,6-9H2;2*1H/t13-;;/m1../s1. The number of alkyl halides is 3. The number of ether oxygens (including phenoxy) is 1. The molecule has 0 bridgehead atoms. The van der Waals surface area contributed by atoms with E-state index in [0.29, 0.717) is 12.0 Å². The zero-order valence-corrected chi connectivity index (χ0v) is 16.0. The SMILES string of the molecule is C=CC[C@H](c1cc(Br)ccc1OC(F)(F)F)N1CCNCC1.Cl.Cl. The van der Waals surface area contributed by atoms with E-state index < -0.39 is 6.36 Å². The van der Waals surface area contributed by atoms with Gasteiger partial charge in [0.15, 0.2) is 0 Å². The van der Waals surface area contributed by atoms with Crippen LogP contribution in [-0.4, -0.2) is 37.4 Å². The molecule has 1 aromatic carbocycles. The number of nitrogens with one attached hydrogen (secondary N) is 1. The second-order valence-corrected chi connectivity index (χ2v) is 5.97. The van der Waals surface area contributed by atoms with Crippen molar-refractivity contribution >= 4 is 40.7 Å². The number of nitrogens with zero attached hydrogens (tertiary/aromatic N) is 1. The van der Waals surface area contributed by atoms with Gasteiger partial charge in [0.2, 0.25) is 0 Å². The van der Waals surface area contributed by atoms with Gasteiger partial charge in [0, 0.05) is 42.3 Å². The fourth-order valence-corrected chi connectivity index (χ4v) is 3.00. The normalized spacial score (nSPS) is 16.5. The summed E-state index contributed by atoms with van der Waals surface area (Å²) in [6, 6.07) is 4.41. The van der Waals surface area contributed by atoms with E-state index in [2.05, 4.69) is 37.5 Å². The summed E-state index contributed by atoms with van der Waals surface area (Å²) in [5.41, 5.74) is 0.522. The molecule has 1 aromatic rings. The topological polar surface area (TPSA) is 24.5 Å². The van der Waals surface area contributed by atoms with Crippen LogP contribution in [0.2, 0.25) is 0 Å². The van der Waals surface area contributed by atoms with Crippen LogP contribution in [0.1, 0.15) is 18.0 Å². The van der Waals surface area contributed by atoms with Crippen molar-refractivity contribution in [3.8, 4) is 5.75 Å². The van der Waals surface area contributed by atoms with Crippen molar-refractivity contribution in [1.29, 1.82) is 0 Å². The molecule has 0 unspecified atom stereocenters. The molecule has 1 N–H and O–H groups in total. The van der Waals surface area contributed by atoms with Gasteiger partial charge in [-0.05, 0) is 24.6 Å². The van der Waals surface area contributed by atoms with Crippen molar-refractivity contribution < 1.29 is 17.9 Å². The minimum absolute atomic E-state index is 0. The molecule has 3 nitrogen and oxygen atoms in total. The highest BCUT2D eigenvalue weighted by atomic mass is 79.9. The Morgan fingerprint density at radius 2 is 1.92 bits per heavy atom. The molecule has 1 aliphatic heterocycles. The summed E-state index contributed by atoms with van der Waals surface area (Å²) in [4.78, 5) is 2.16. The third-order valence-electron chi connectivity index (χ3n) is 3.54. The number of hydrogen-bond acceptors (Lipinski definition) is 3. The van der Waals surface area contributed by atoms with Gasteiger partial charge >= 0.3 is 6.36 Å². The molecule has 1 heterocycles. The fourth-order valence-electron chi connectivity index (χ4n) is 2.62. The molecule has 0 aliphatic carbocycles. The second-order valence-electron chi connectivity index (χ2n) is 5.06. The summed E-state index contributed by atoms with van der Waals surface area (Å²) in [6.07, 6.45) is -2.42. The van der Waals surface area contributed by atoms with Crippen LogP contribution in [-0.2, 0) is 0 Å². The molecular formula is C15H20BrCl2F3N2O. The average molecular weight is 452 g/mol. The number of hydrogen-bond donors (Lipinski definition) is 1. The van der Waals surface area contributed by atoms with Crippen LogP contribution in [0.15, 0.2) is 35.3 Å². The van der Waals surface area contributed by atoms with Crippen molar-refractivity contribution in [2.24, 2.45) is 0 Å². The van der Waals surface area contributed by atoms with Crippen LogP contribution in [0.4, 0.5) is 13.2 Å². The van der Waals surface area contributed by atoms with Crippen molar-refractivity contribution in [2.75, 3.05) is 26.2 Å². The highest BCUT2D eigenvalue weighted by molar-refractivity contribution is 9.10. The molecule has 0 aromatic heterocycles. The Morgan fingerprint density at radius 1 is 1.29 bits per heavy atom. The summed E-state index contributed by atoms with van der Waals surface area (Å²) in [5, 5.41) is 3.24. The predicted molar refractivity (Wildman–Crippen MR) is 97.3 cm³/mol. The Bertz CT molecular complexity index is 526. The second kappa shape index (κ2) is 10.5. The molecule has 24 heavy (non-hydrogen) atoms. The van der Waals surface area contributed by atoms with Crippen LogP contribution in [0.5, 0.6) is 5.75 Å². The maximum Gasteiger partial charge on any atom is 0.573 e. The van der Waals surface area contributed by atoms with Crippen molar-refractivity contribution in [3.05, 3.63) is 40.9 Å². The lowest BCUT2D eigenvalue weighted by Crippen LogP contribution is -2.45. The highest BCUT2D eigenvalue weighted by Gasteiger charge is 2.34. The molecule has 2 rings (SSSR count). The first kappa shape index (κ1) is 23.5. The molecule has 0 radical (unpaired) electrons. The van der Waals surface area contributed by atoms with E-state index in [1.54, 1.807) is 18.2 Å². The Hall–Kier alpha value is -0.470. The molecular weight excluding hydrogens is 432 g/mol. The number of piperazine rings is 1. The van der Waals surface area contributed by atoms with Gasteiger partial charge < -0.3 is 10.1 Å². The Labute approximate surface area is 160 Å². The van der Waals surface area contributed by atoms with Gasteiger partial charge in [0.25, 0.3) is 0 Å². The lowest BCUT2D eigenvalue weighted by atomic mass is 10.00. The van der Waals surface area contributed by atoms with E-state index in [4.69, 9.17) is 0 Å². The van der Waals surface area contributed by atoms with E-state index in [9.17, 15) is 13.2 Å². The molecule has 0 spiro atoms. The van der Waals surface area contributed by atoms with Gasteiger partial charge in [-0.2, -0.15) is 0 Å². The predicted octanol–water partition coefficient (Wildman–Crippen LogP) is 4.71. The Balaban J connectivity index is 0.00000264. The zero-order chi connectivity index (χ0) is 16.2. The maximum atomic E-state index is 12.6. The Kier molecular flexibility index (Phi) is 10.3. The first-order valence-electron chi connectivity index (χ1n) is 7.01. The third-order valence-corrected chi connectivity index (χ3v) is 4.03. The smallest absolute Gasteiger partial charge is 0.405 e. The number of halogens is 6. The zero-order valence-electron chi connectivity index (χ0n) is 12.8. The summed E-state index contributed by atoms with van der Waals surface area (Å²) < 4.78 is 42.8. The molecule has 138 valence electrons. The fraction of sp³-hybridized carbons (Fsp3) is 0.467.